The van der Waals surface area contributed by atoms with E-state index in [0.717, 1.165) is 17.9 Å². The van der Waals surface area contributed by atoms with E-state index in [-0.39, 0.29) is 24.6 Å². The van der Waals surface area contributed by atoms with Crippen molar-refractivity contribution in [3.8, 4) is 0 Å². The second kappa shape index (κ2) is 10.8. The standard InChI is InChI=1S/C15H28N2O3S.C2H6/c1-6-16-10-12(8-9-21-7-2)17(11-13(16)18)14(19)20-15(3,4)5;1-2/h12H,6-11H2,1-5H3;1-2H3/t12-;/m1./s1. The van der Waals surface area contributed by atoms with Crippen molar-refractivity contribution in [3.05, 3.63) is 0 Å². The van der Waals surface area contributed by atoms with Crippen molar-refractivity contribution in [1.82, 2.24) is 9.80 Å². The molecule has 1 saturated heterocycles. The molecule has 0 saturated carbocycles. The van der Waals surface area contributed by atoms with Crippen LogP contribution in [0, 0.1) is 0 Å². The van der Waals surface area contributed by atoms with Crippen LogP contribution in [0.4, 0.5) is 4.79 Å². The summed E-state index contributed by atoms with van der Waals surface area (Å²) in [5, 5.41) is 0. The molecule has 23 heavy (non-hydrogen) atoms. The second-order valence-corrected chi connectivity index (χ2v) is 7.57. The minimum absolute atomic E-state index is 0.00255. The van der Waals surface area contributed by atoms with E-state index in [1.165, 1.54) is 0 Å². The van der Waals surface area contributed by atoms with Crippen LogP contribution in [0.2, 0.25) is 0 Å². The monoisotopic (exact) mass is 346 g/mol. The molecule has 0 aliphatic carbocycles. The summed E-state index contributed by atoms with van der Waals surface area (Å²) in [5.74, 6) is 2.06. The van der Waals surface area contributed by atoms with Crippen LogP contribution < -0.4 is 0 Å². The number of piperazine rings is 1. The summed E-state index contributed by atoms with van der Waals surface area (Å²) in [6, 6.07) is 0.0524. The zero-order valence-electron chi connectivity index (χ0n) is 15.8. The van der Waals surface area contributed by atoms with Gasteiger partial charge < -0.3 is 9.64 Å². The van der Waals surface area contributed by atoms with E-state index in [1.807, 2.05) is 58.2 Å². The van der Waals surface area contributed by atoms with E-state index in [2.05, 4.69) is 6.92 Å². The maximum absolute atomic E-state index is 12.3. The van der Waals surface area contributed by atoms with Gasteiger partial charge in [0.15, 0.2) is 0 Å². The number of nitrogens with zero attached hydrogens (tertiary/aromatic N) is 2. The average molecular weight is 347 g/mol. The van der Waals surface area contributed by atoms with Gasteiger partial charge in [-0.2, -0.15) is 11.8 Å². The number of ether oxygens (including phenoxy) is 1. The fourth-order valence-electron chi connectivity index (χ4n) is 2.28. The molecule has 0 radical (unpaired) electrons. The van der Waals surface area contributed by atoms with Gasteiger partial charge in [0.2, 0.25) is 5.91 Å². The highest BCUT2D eigenvalue weighted by Crippen LogP contribution is 2.20. The SMILES string of the molecule is CC.CCSCC[C@@H]1CN(CC)C(=O)CN1C(=O)OC(C)(C)C. The van der Waals surface area contributed by atoms with Crippen molar-refractivity contribution in [2.75, 3.05) is 31.1 Å². The van der Waals surface area contributed by atoms with Gasteiger partial charge in [-0.3, -0.25) is 9.69 Å². The summed E-state index contributed by atoms with van der Waals surface area (Å²) in [4.78, 5) is 27.8. The Balaban J connectivity index is 0.00000232. The number of hydrogen-bond donors (Lipinski definition) is 0. The molecule has 1 atom stereocenters. The predicted molar refractivity (Wildman–Crippen MR) is 97.9 cm³/mol. The van der Waals surface area contributed by atoms with Crippen molar-refractivity contribution in [1.29, 1.82) is 0 Å². The molecule has 1 aliphatic rings. The van der Waals surface area contributed by atoms with Crippen LogP contribution in [-0.4, -0.2) is 64.6 Å². The summed E-state index contributed by atoms with van der Waals surface area (Å²) >= 11 is 1.86. The van der Waals surface area contributed by atoms with Gasteiger partial charge in [0.05, 0.1) is 6.04 Å². The first-order valence-electron chi connectivity index (χ1n) is 8.63. The zero-order valence-corrected chi connectivity index (χ0v) is 16.7. The Labute approximate surface area is 146 Å². The fraction of sp³-hybridized carbons (Fsp3) is 0.882. The molecule has 136 valence electrons. The number of hydrogen-bond acceptors (Lipinski definition) is 4. The molecule has 0 N–H and O–H groups in total. The van der Waals surface area contributed by atoms with Gasteiger partial charge in [0.1, 0.15) is 12.1 Å². The molecule has 0 aromatic heterocycles. The Morgan fingerprint density at radius 1 is 1.30 bits per heavy atom. The number of amides is 2. The highest BCUT2D eigenvalue weighted by atomic mass is 32.2. The summed E-state index contributed by atoms with van der Waals surface area (Å²) in [6.45, 7) is 15.1. The smallest absolute Gasteiger partial charge is 0.411 e. The van der Waals surface area contributed by atoms with Gasteiger partial charge in [-0.1, -0.05) is 20.8 Å². The van der Waals surface area contributed by atoms with E-state index in [9.17, 15) is 9.59 Å². The van der Waals surface area contributed by atoms with Crippen molar-refractivity contribution < 1.29 is 14.3 Å². The summed E-state index contributed by atoms with van der Waals surface area (Å²) in [6.07, 6.45) is 0.514. The third-order valence-electron chi connectivity index (χ3n) is 3.34. The number of carbonyl (C=O) groups excluding carboxylic acids is 2. The van der Waals surface area contributed by atoms with Crippen molar-refractivity contribution >= 4 is 23.8 Å². The molecule has 6 heteroatoms. The summed E-state index contributed by atoms with van der Waals surface area (Å²) in [7, 11) is 0. The Hall–Kier alpha value is -0.910. The Bertz CT molecular complexity index is 369. The molecule has 0 unspecified atom stereocenters. The topological polar surface area (TPSA) is 49.9 Å². The molecule has 2 amide bonds. The number of thioether (sulfide) groups is 1. The van der Waals surface area contributed by atoms with Crippen LogP contribution in [0.1, 0.15) is 54.9 Å². The summed E-state index contributed by atoms with van der Waals surface area (Å²) < 4.78 is 5.44. The van der Waals surface area contributed by atoms with Crippen LogP contribution in [0.25, 0.3) is 0 Å². The molecule has 0 spiro atoms. The number of likely N-dealkylation sites (N-methyl/N-ethyl adjacent to an activating group) is 1. The zero-order chi connectivity index (χ0) is 18.0. The normalized spacial score (nSPS) is 18.4. The van der Waals surface area contributed by atoms with Crippen LogP contribution in [0.3, 0.4) is 0 Å². The lowest BCUT2D eigenvalue weighted by Crippen LogP contribution is -2.58. The van der Waals surface area contributed by atoms with Crippen LogP contribution >= 0.6 is 11.8 Å². The first-order chi connectivity index (χ1) is 10.8. The van der Waals surface area contributed by atoms with Gasteiger partial charge in [-0.25, -0.2) is 4.79 Å². The minimum Gasteiger partial charge on any atom is -0.444 e. The van der Waals surface area contributed by atoms with Crippen molar-refractivity contribution in [2.24, 2.45) is 0 Å². The van der Waals surface area contributed by atoms with Gasteiger partial charge in [0, 0.05) is 13.1 Å². The first kappa shape index (κ1) is 22.1. The lowest BCUT2D eigenvalue weighted by molar-refractivity contribution is -0.138. The highest BCUT2D eigenvalue weighted by Gasteiger charge is 2.36. The Kier molecular flexibility index (Phi) is 10.4. The van der Waals surface area contributed by atoms with Crippen LogP contribution in [0.15, 0.2) is 0 Å². The molecule has 0 aromatic rings. The van der Waals surface area contributed by atoms with E-state index in [0.29, 0.717) is 13.1 Å². The number of carbonyl (C=O) groups is 2. The molecule has 1 fully saturated rings. The molecule has 5 nitrogen and oxygen atoms in total. The highest BCUT2D eigenvalue weighted by molar-refractivity contribution is 7.99. The van der Waals surface area contributed by atoms with Crippen LogP contribution in [0.5, 0.6) is 0 Å². The van der Waals surface area contributed by atoms with Gasteiger partial charge in [0.25, 0.3) is 0 Å². The molecule has 1 aliphatic heterocycles. The van der Waals surface area contributed by atoms with Crippen LogP contribution in [-0.2, 0) is 9.53 Å². The van der Waals surface area contributed by atoms with E-state index in [1.54, 1.807) is 4.90 Å². The third kappa shape index (κ3) is 7.95. The first-order valence-corrected chi connectivity index (χ1v) is 9.79. The van der Waals surface area contributed by atoms with E-state index < -0.39 is 5.60 Å². The molecule has 0 bridgehead atoms. The predicted octanol–water partition coefficient (Wildman–Crippen LogP) is 3.62. The lowest BCUT2D eigenvalue weighted by Gasteiger charge is -2.41. The average Bonchev–Trinajstić information content (AvgIpc) is 2.48. The van der Waals surface area contributed by atoms with Crippen molar-refractivity contribution in [3.63, 3.8) is 0 Å². The maximum atomic E-state index is 12.3. The Morgan fingerprint density at radius 2 is 1.91 bits per heavy atom. The van der Waals surface area contributed by atoms with Gasteiger partial charge >= 0.3 is 6.09 Å². The second-order valence-electron chi connectivity index (χ2n) is 6.18. The molecular weight excluding hydrogens is 312 g/mol. The maximum Gasteiger partial charge on any atom is 0.411 e. The fourth-order valence-corrected chi connectivity index (χ4v) is 3.01. The van der Waals surface area contributed by atoms with E-state index >= 15 is 0 Å². The summed E-state index contributed by atoms with van der Waals surface area (Å²) in [5.41, 5.74) is -0.537. The minimum atomic E-state index is -0.537. The number of rotatable bonds is 5. The molecule has 1 heterocycles. The molecule has 1 rings (SSSR count). The molecular formula is C17H34N2O3S. The quantitative estimate of drug-likeness (QED) is 0.713. The Morgan fingerprint density at radius 3 is 2.39 bits per heavy atom. The lowest BCUT2D eigenvalue weighted by atomic mass is 10.1. The van der Waals surface area contributed by atoms with E-state index in [4.69, 9.17) is 4.74 Å². The van der Waals surface area contributed by atoms with Crippen molar-refractivity contribution in [2.45, 2.75) is 66.5 Å². The van der Waals surface area contributed by atoms with Gasteiger partial charge in [-0.15, -0.1) is 0 Å². The van der Waals surface area contributed by atoms with Gasteiger partial charge in [-0.05, 0) is 45.6 Å². The largest absolute Gasteiger partial charge is 0.444 e. The molecule has 0 aromatic carbocycles. The third-order valence-corrected chi connectivity index (χ3v) is 4.27.